The zero-order valence-corrected chi connectivity index (χ0v) is 22.1. The molecular formula is C29H39N3O5. The Kier molecular flexibility index (Phi) is 7.41. The third kappa shape index (κ3) is 4.93. The van der Waals surface area contributed by atoms with Gasteiger partial charge in [-0.25, -0.2) is 0 Å². The van der Waals surface area contributed by atoms with Crippen LogP contribution in [0.3, 0.4) is 0 Å². The Morgan fingerprint density at radius 1 is 1.14 bits per heavy atom. The monoisotopic (exact) mass is 509 g/mol. The van der Waals surface area contributed by atoms with Crippen LogP contribution in [0.25, 0.3) is 0 Å². The number of rotatable bonds is 9. The summed E-state index contributed by atoms with van der Waals surface area (Å²) >= 11 is 0. The van der Waals surface area contributed by atoms with Gasteiger partial charge in [0, 0.05) is 24.9 Å². The maximum Gasteiger partial charge on any atom is 0.246 e. The molecule has 8 nitrogen and oxygen atoms in total. The second kappa shape index (κ2) is 10.6. The number of amides is 3. The highest BCUT2D eigenvalue weighted by atomic mass is 16.5. The van der Waals surface area contributed by atoms with Gasteiger partial charge < -0.3 is 25.0 Å². The summed E-state index contributed by atoms with van der Waals surface area (Å²) in [5.74, 6) is -2.06. The van der Waals surface area contributed by atoms with E-state index in [1.807, 2.05) is 57.2 Å². The van der Waals surface area contributed by atoms with Gasteiger partial charge in [0.05, 0.1) is 24.0 Å². The molecule has 3 aliphatic heterocycles. The summed E-state index contributed by atoms with van der Waals surface area (Å²) in [6.07, 6.45) is 9.17. The van der Waals surface area contributed by atoms with Crippen molar-refractivity contribution in [1.29, 1.82) is 0 Å². The molecule has 200 valence electrons. The highest BCUT2D eigenvalue weighted by molar-refractivity contribution is 6.02. The van der Waals surface area contributed by atoms with Gasteiger partial charge in [-0.1, -0.05) is 49.1 Å². The molecule has 1 saturated carbocycles. The summed E-state index contributed by atoms with van der Waals surface area (Å²) in [4.78, 5) is 42.9. The molecule has 5 atom stereocenters. The first kappa shape index (κ1) is 25.9. The van der Waals surface area contributed by atoms with Crippen molar-refractivity contribution < 1.29 is 23.9 Å². The average Bonchev–Trinajstić information content (AvgIpc) is 3.51. The van der Waals surface area contributed by atoms with Crippen molar-refractivity contribution in [3.05, 3.63) is 42.0 Å². The van der Waals surface area contributed by atoms with Gasteiger partial charge in [0.15, 0.2) is 0 Å². The van der Waals surface area contributed by atoms with E-state index in [-0.39, 0.29) is 29.9 Å². The Balaban J connectivity index is 1.39. The van der Waals surface area contributed by atoms with E-state index in [1.165, 1.54) is 6.42 Å². The Morgan fingerprint density at radius 3 is 2.57 bits per heavy atom. The Bertz CT molecular complexity index is 1050. The average molecular weight is 510 g/mol. The molecular weight excluding hydrogens is 470 g/mol. The maximum absolute atomic E-state index is 13.9. The molecule has 8 heteroatoms. The number of nitrogens with zero attached hydrogens (tertiary/aromatic N) is 1. The molecule has 4 aliphatic rings. The molecule has 1 spiro atoms. The fourth-order valence-electron chi connectivity index (χ4n) is 6.45. The molecule has 2 N–H and O–H groups in total. The lowest BCUT2D eigenvalue weighted by molar-refractivity contribution is -0.141. The summed E-state index contributed by atoms with van der Waals surface area (Å²) in [6, 6.07) is 6.88. The minimum atomic E-state index is -1.13. The fourth-order valence-corrected chi connectivity index (χ4v) is 6.45. The molecule has 3 amide bonds. The highest BCUT2D eigenvalue weighted by Gasteiger charge is 2.72. The van der Waals surface area contributed by atoms with Crippen molar-refractivity contribution >= 4 is 23.4 Å². The van der Waals surface area contributed by atoms with E-state index in [4.69, 9.17) is 9.47 Å². The van der Waals surface area contributed by atoms with E-state index in [2.05, 4.69) is 10.6 Å². The van der Waals surface area contributed by atoms with Crippen LogP contribution >= 0.6 is 0 Å². The zero-order chi connectivity index (χ0) is 26.2. The van der Waals surface area contributed by atoms with Crippen molar-refractivity contribution in [3.8, 4) is 0 Å². The fraction of sp³-hybridized carbons (Fsp3) is 0.621. The SMILES string of the molecule is Cc1ccc(NC(=O)[C@H]2[C@H]3C=C[C@]4(O3)[C@H](C(=O)NC3CCCCC3)N(CCCOC(C)C)C(=O)[C@@H]24)cc1. The van der Waals surface area contributed by atoms with E-state index in [0.717, 1.165) is 31.2 Å². The summed E-state index contributed by atoms with van der Waals surface area (Å²) in [7, 11) is 0. The van der Waals surface area contributed by atoms with E-state index >= 15 is 0 Å². The minimum Gasteiger partial charge on any atom is -0.379 e. The molecule has 2 bridgehead atoms. The van der Waals surface area contributed by atoms with Crippen molar-refractivity contribution in [2.24, 2.45) is 11.8 Å². The number of benzene rings is 1. The molecule has 2 saturated heterocycles. The molecule has 1 aliphatic carbocycles. The van der Waals surface area contributed by atoms with Crippen molar-refractivity contribution in [2.45, 2.75) is 89.2 Å². The minimum absolute atomic E-state index is 0.0920. The molecule has 0 aromatic heterocycles. The molecule has 0 radical (unpaired) electrons. The lowest BCUT2D eigenvalue weighted by atomic mass is 9.74. The van der Waals surface area contributed by atoms with Crippen molar-refractivity contribution in [1.82, 2.24) is 10.2 Å². The summed E-state index contributed by atoms with van der Waals surface area (Å²) in [5, 5.41) is 6.19. The van der Waals surface area contributed by atoms with Gasteiger partial charge in [-0.05, 0) is 52.2 Å². The van der Waals surface area contributed by atoms with Crippen LogP contribution in [0.15, 0.2) is 36.4 Å². The normalized spacial score (nSPS) is 30.7. The Labute approximate surface area is 219 Å². The Morgan fingerprint density at radius 2 is 1.86 bits per heavy atom. The first-order valence-electron chi connectivity index (χ1n) is 13.8. The van der Waals surface area contributed by atoms with Gasteiger partial charge in [-0.15, -0.1) is 0 Å². The number of hydrogen-bond donors (Lipinski definition) is 2. The number of ether oxygens (including phenoxy) is 2. The van der Waals surface area contributed by atoms with E-state index < -0.39 is 29.6 Å². The van der Waals surface area contributed by atoms with Gasteiger partial charge in [0.25, 0.3) is 0 Å². The predicted molar refractivity (Wildman–Crippen MR) is 140 cm³/mol. The highest BCUT2D eigenvalue weighted by Crippen LogP contribution is 2.55. The molecule has 37 heavy (non-hydrogen) atoms. The van der Waals surface area contributed by atoms with Crippen LogP contribution in [0.4, 0.5) is 5.69 Å². The Hall–Kier alpha value is -2.71. The van der Waals surface area contributed by atoms with E-state index in [1.54, 1.807) is 4.90 Å². The standard InChI is InChI=1S/C29H39N3O5/c1-18(2)36-17-7-16-32-25(27(34)31-20-8-5-4-6-9-20)29-15-14-22(37-29)23(24(29)28(32)35)26(33)30-21-12-10-19(3)11-13-21/h10-15,18,20,22-25H,4-9,16-17H2,1-3H3,(H,30,33)(H,31,34)/t22-,23+,24-,25+,29-/m1/s1. The first-order valence-corrected chi connectivity index (χ1v) is 13.8. The maximum atomic E-state index is 13.9. The van der Waals surface area contributed by atoms with E-state index in [9.17, 15) is 14.4 Å². The third-order valence-corrected chi connectivity index (χ3v) is 8.19. The number of likely N-dealkylation sites (tertiary alicyclic amines) is 1. The van der Waals surface area contributed by atoms with Gasteiger partial charge in [-0.2, -0.15) is 0 Å². The topological polar surface area (TPSA) is 97.0 Å². The number of anilines is 1. The third-order valence-electron chi connectivity index (χ3n) is 8.19. The van der Waals surface area contributed by atoms with Gasteiger partial charge >= 0.3 is 0 Å². The lowest BCUT2D eigenvalue weighted by Crippen LogP contribution is -2.56. The van der Waals surface area contributed by atoms with Crippen LogP contribution in [0.2, 0.25) is 0 Å². The summed E-state index contributed by atoms with van der Waals surface area (Å²) in [6.45, 7) is 6.80. The number of aryl methyl sites for hydroxylation is 1. The number of nitrogens with one attached hydrogen (secondary N) is 2. The molecule has 5 rings (SSSR count). The summed E-state index contributed by atoms with van der Waals surface area (Å²) < 4.78 is 12.1. The van der Waals surface area contributed by atoms with Crippen molar-refractivity contribution in [3.63, 3.8) is 0 Å². The smallest absolute Gasteiger partial charge is 0.246 e. The molecule has 0 unspecified atom stereocenters. The second-order valence-electron chi connectivity index (χ2n) is 11.2. The van der Waals surface area contributed by atoms with Crippen LogP contribution in [-0.2, 0) is 23.9 Å². The number of hydrogen-bond acceptors (Lipinski definition) is 5. The number of carbonyl (C=O) groups is 3. The lowest BCUT2D eigenvalue weighted by Gasteiger charge is -2.34. The van der Waals surface area contributed by atoms with Crippen LogP contribution in [-0.4, -0.2) is 65.7 Å². The van der Waals surface area contributed by atoms with Gasteiger partial charge in [0.1, 0.15) is 11.6 Å². The second-order valence-corrected chi connectivity index (χ2v) is 11.2. The predicted octanol–water partition coefficient (Wildman–Crippen LogP) is 3.35. The molecule has 1 aromatic rings. The molecule has 1 aromatic carbocycles. The number of fused-ring (bicyclic) bond motifs is 1. The number of carbonyl (C=O) groups excluding carboxylic acids is 3. The molecule has 3 heterocycles. The van der Waals surface area contributed by atoms with Crippen LogP contribution < -0.4 is 10.6 Å². The first-order chi connectivity index (χ1) is 17.8. The zero-order valence-electron chi connectivity index (χ0n) is 22.1. The van der Waals surface area contributed by atoms with Gasteiger partial charge in [-0.3, -0.25) is 14.4 Å². The largest absolute Gasteiger partial charge is 0.379 e. The molecule has 3 fully saturated rings. The van der Waals surface area contributed by atoms with E-state index in [0.29, 0.717) is 25.3 Å². The van der Waals surface area contributed by atoms with Crippen molar-refractivity contribution in [2.75, 3.05) is 18.5 Å². The van der Waals surface area contributed by atoms with Crippen LogP contribution in [0.5, 0.6) is 0 Å². The van der Waals surface area contributed by atoms with Gasteiger partial charge in [0.2, 0.25) is 17.7 Å². The van der Waals surface area contributed by atoms with Crippen LogP contribution in [0, 0.1) is 18.8 Å². The quantitative estimate of drug-likeness (QED) is 0.393. The summed E-state index contributed by atoms with van der Waals surface area (Å²) in [5.41, 5.74) is 0.642. The van der Waals surface area contributed by atoms with Crippen LogP contribution in [0.1, 0.15) is 57.9 Å².